The van der Waals surface area contributed by atoms with Gasteiger partial charge in [-0.05, 0) is 19.1 Å². The molecule has 4 atom stereocenters. The molecule has 3 heterocycles. The summed E-state index contributed by atoms with van der Waals surface area (Å²) in [5.74, 6) is -2.97. The largest absolute Gasteiger partial charge is 0.481 e. The van der Waals surface area contributed by atoms with Crippen molar-refractivity contribution >= 4 is 17.6 Å². The molecule has 0 unspecified atom stereocenters. The third-order valence-electron chi connectivity index (χ3n) is 3.85. The topological polar surface area (TPSA) is 88.5 Å². The highest BCUT2D eigenvalue weighted by Crippen LogP contribution is 2.47. The highest BCUT2D eigenvalue weighted by Gasteiger charge is 2.59. The summed E-state index contributed by atoms with van der Waals surface area (Å²) in [6.45, 7) is 1.74. The van der Waals surface area contributed by atoms with Gasteiger partial charge >= 0.3 is 5.97 Å². The first-order chi connectivity index (χ1) is 9.51. The first-order valence-corrected chi connectivity index (χ1v) is 6.32. The fraction of sp³-hybridized carbons (Fsp3) is 0.357. The number of carboxylic acid groups (broad SMARTS) is 1. The molecule has 1 fully saturated rings. The lowest BCUT2D eigenvalue weighted by Gasteiger charge is -2.27. The van der Waals surface area contributed by atoms with Gasteiger partial charge < -0.3 is 15.2 Å². The summed E-state index contributed by atoms with van der Waals surface area (Å²) in [5, 5.41) is 12.1. The van der Waals surface area contributed by atoms with Crippen LogP contribution in [-0.2, 0) is 14.3 Å². The van der Waals surface area contributed by atoms with Crippen molar-refractivity contribution in [1.82, 2.24) is 4.98 Å². The fourth-order valence-corrected chi connectivity index (χ4v) is 2.94. The molecule has 1 amide bonds. The summed E-state index contributed by atoms with van der Waals surface area (Å²) in [6, 6.07) is 3.31. The molecular weight excluding hydrogens is 260 g/mol. The van der Waals surface area contributed by atoms with Crippen molar-refractivity contribution in [2.45, 2.75) is 18.6 Å². The van der Waals surface area contributed by atoms with Gasteiger partial charge in [-0.25, -0.2) is 0 Å². The molecule has 0 saturated carbocycles. The monoisotopic (exact) mass is 274 g/mol. The molecule has 6 heteroatoms. The van der Waals surface area contributed by atoms with Crippen molar-refractivity contribution in [2.75, 3.05) is 5.32 Å². The summed E-state index contributed by atoms with van der Waals surface area (Å²) < 4.78 is 5.64. The van der Waals surface area contributed by atoms with Gasteiger partial charge in [-0.15, -0.1) is 0 Å². The third kappa shape index (κ3) is 1.89. The number of nitrogens with zero attached hydrogens (tertiary/aromatic N) is 1. The second kappa shape index (κ2) is 4.42. The summed E-state index contributed by atoms with van der Waals surface area (Å²) in [5.41, 5.74) is -0.269. The number of aliphatic carboxylic acids is 1. The van der Waals surface area contributed by atoms with Crippen molar-refractivity contribution in [3.63, 3.8) is 0 Å². The zero-order valence-electron chi connectivity index (χ0n) is 10.8. The molecule has 0 aliphatic carbocycles. The molecule has 20 heavy (non-hydrogen) atoms. The van der Waals surface area contributed by atoms with E-state index in [1.54, 1.807) is 43.6 Å². The smallest absolute Gasteiger partial charge is 0.310 e. The van der Waals surface area contributed by atoms with Gasteiger partial charge in [0.1, 0.15) is 5.92 Å². The van der Waals surface area contributed by atoms with E-state index in [-0.39, 0.29) is 5.91 Å². The Kier molecular flexibility index (Phi) is 2.83. The number of carbonyl (C=O) groups is 2. The van der Waals surface area contributed by atoms with Gasteiger partial charge in [0.05, 0.1) is 17.6 Å². The highest BCUT2D eigenvalue weighted by atomic mass is 16.5. The summed E-state index contributed by atoms with van der Waals surface area (Å²) in [4.78, 5) is 27.7. The van der Waals surface area contributed by atoms with E-state index in [2.05, 4.69) is 10.3 Å². The number of ether oxygens (including phenoxy) is 1. The number of fused-ring (bicyclic) bond motifs is 2. The second-order valence-corrected chi connectivity index (χ2v) is 5.19. The second-order valence-electron chi connectivity index (χ2n) is 5.19. The Morgan fingerprint density at radius 3 is 2.75 bits per heavy atom. The minimum Gasteiger partial charge on any atom is -0.481 e. The Hall–Kier alpha value is -2.21. The van der Waals surface area contributed by atoms with Gasteiger partial charge in [0.15, 0.2) is 0 Å². The number of carbonyl (C=O) groups excluding carboxylic acids is 1. The lowest BCUT2D eigenvalue weighted by Crippen LogP contribution is -2.44. The fourth-order valence-electron chi connectivity index (χ4n) is 2.94. The van der Waals surface area contributed by atoms with E-state index >= 15 is 0 Å². The van der Waals surface area contributed by atoms with E-state index in [0.717, 1.165) is 0 Å². The number of nitrogens with one attached hydrogen (secondary N) is 1. The summed E-state index contributed by atoms with van der Waals surface area (Å²) in [7, 11) is 0. The number of carboxylic acids is 1. The third-order valence-corrected chi connectivity index (χ3v) is 3.85. The van der Waals surface area contributed by atoms with E-state index < -0.39 is 29.5 Å². The maximum atomic E-state index is 12.4. The van der Waals surface area contributed by atoms with Crippen LogP contribution in [0.4, 0.5) is 5.69 Å². The molecule has 3 rings (SSSR count). The average molecular weight is 274 g/mol. The normalized spacial score (nSPS) is 34.1. The number of amides is 1. The maximum absolute atomic E-state index is 12.4. The first kappa shape index (κ1) is 12.8. The summed E-state index contributed by atoms with van der Waals surface area (Å²) >= 11 is 0. The average Bonchev–Trinajstić information content (AvgIpc) is 2.92. The van der Waals surface area contributed by atoms with Gasteiger partial charge in [0.2, 0.25) is 5.91 Å². The van der Waals surface area contributed by atoms with Crippen LogP contribution in [0.25, 0.3) is 0 Å². The molecule has 0 spiro atoms. The van der Waals surface area contributed by atoms with Crippen LogP contribution < -0.4 is 5.32 Å². The zero-order valence-corrected chi connectivity index (χ0v) is 10.8. The quantitative estimate of drug-likeness (QED) is 0.805. The predicted molar refractivity (Wildman–Crippen MR) is 69.9 cm³/mol. The first-order valence-electron chi connectivity index (χ1n) is 6.32. The Morgan fingerprint density at radius 2 is 2.10 bits per heavy atom. The van der Waals surface area contributed by atoms with Crippen molar-refractivity contribution in [3.05, 3.63) is 36.7 Å². The SMILES string of the molecule is C[C@@]12C=C[C@@H](O1)[C@H](C(=O)O)[C@@H]2C(=O)Nc1ccncc1. The molecule has 0 aromatic carbocycles. The minimum absolute atomic E-state index is 0.349. The molecular formula is C14H14N2O4. The van der Waals surface area contributed by atoms with Gasteiger partial charge in [-0.1, -0.05) is 12.2 Å². The predicted octanol–water partition coefficient (Wildman–Crippen LogP) is 1.06. The van der Waals surface area contributed by atoms with E-state index in [4.69, 9.17) is 4.74 Å². The number of hydrogen-bond acceptors (Lipinski definition) is 4. The van der Waals surface area contributed by atoms with Gasteiger partial charge in [-0.2, -0.15) is 0 Å². The Balaban J connectivity index is 1.86. The van der Waals surface area contributed by atoms with Crippen LogP contribution in [0.1, 0.15) is 6.92 Å². The lowest BCUT2D eigenvalue weighted by molar-refractivity contribution is -0.146. The molecule has 1 aromatic rings. The van der Waals surface area contributed by atoms with Crippen LogP contribution in [0.2, 0.25) is 0 Å². The Morgan fingerprint density at radius 1 is 1.40 bits per heavy atom. The molecule has 104 valence electrons. The van der Waals surface area contributed by atoms with Crippen LogP contribution >= 0.6 is 0 Å². The van der Waals surface area contributed by atoms with Crippen LogP contribution in [0.5, 0.6) is 0 Å². The zero-order chi connectivity index (χ0) is 14.3. The van der Waals surface area contributed by atoms with E-state index in [1.165, 1.54) is 0 Å². The van der Waals surface area contributed by atoms with Crippen LogP contribution in [0, 0.1) is 11.8 Å². The lowest BCUT2D eigenvalue weighted by atomic mass is 9.75. The molecule has 2 aliphatic rings. The number of aromatic nitrogens is 1. The summed E-state index contributed by atoms with van der Waals surface area (Å²) in [6.07, 6.45) is 6.07. The Bertz CT molecular complexity index is 586. The van der Waals surface area contributed by atoms with Gasteiger partial charge in [0.25, 0.3) is 0 Å². The van der Waals surface area contributed by atoms with Crippen molar-refractivity contribution < 1.29 is 19.4 Å². The minimum atomic E-state index is -1.02. The van der Waals surface area contributed by atoms with E-state index in [9.17, 15) is 14.7 Å². The van der Waals surface area contributed by atoms with E-state index in [1.807, 2.05) is 0 Å². The van der Waals surface area contributed by atoms with E-state index in [0.29, 0.717) is 5.69 Å². The Labute approximate surface area is 115 Å². The number of rotatable bonds is 3. The van der Waals surface area contributed by atoms with Crippen molar-refractivity contribution in [3.8, 4) is 0 Å². The van der Waals surface area contributed by atoms with Crippen LogP contribution in [-0.4, -0.2) is 33.7 Å². The van der Waals surface area contributed by atoms with Crippen molar-refractivity contribution in [1.29, 1.82) is 0 Å². The molecule has 6 nitrogen and oxygen atoms in total. The number of pyridine rings is 1. The van der Waals surface area contributed by atoms with Crippen LogP contribution in [0.15, 0.2) is 36.7 Å². The molecule has 1 saturated heterocycles. The standard InChI is InChI=1S/C14H14N2O4/c1-14-5-2-9(20-14)10(13(18)19)11(14)12(17)16-8-3-6-15-7-4-8/h2-7,9-11H,1H3,(H,18,19)(H,15,16,17)/t9-,10+,11-,14+/m1/s1. The van der Waals surface area contributed by atoms with Gasteiger partial charge in [0, 0.05) is 18.1 Å². The van der Waals surface area contributed by atoms with Crippen molar-refractivity contribution in [2.24, 2.45) is 11.8 Å². The van der Waals surface area contributed by atoms with Gasteiger partial charge in [-0.3, -0.25) is 14.6 Å². The number of hydrogen-bond donors (Lipinski definition) is 2. The number of anilines is 1. The molecule has 2 N–H and O–H groups in total. The maximum Gasteiger partial charge on any atom is 0.310 e. The molecule has 0 radical (unpaired) electrons. The van der Waals surface area contributed by atoms with Crippen LogP contribution in [0.3, 0.4) is 0 Å². The molecule has 2 bridgehead atoms. The molecule has 2 aliphatic heterocycles. The highest BCUT2D eigenvalue weighted by molar-refractivity contribution is 5.97. The molecule has 1 aromatic heterocycles.